The molecule has 0 radical (unpaired) electrons. The Hall–Kier alpha value is -1.07. The van der Waals surface area contributed by atoms with Crippen molar-refractivity contribution >= 4 is 0 Å². The van der Waals surface area contributed by atoms with Crippen LogP contribution in [0.25, 0.3) is 0 Å². The van der Waals surface area contributed by atoms with Crippen molar-refractivity contribution in [1.82, 2.24) is 5.32 Å². The van der Waals surface area contributed by atoms with E-state index in [0.717, 1.165) is 6.07 Å². The van der Waals surface area contributed by atoms with Crippen LogP contribution in [-0.4, -0.2) is 26.8 Å². The van der Waals surface area contributed by atoms with Crippen LogP contribution in [0, 0.1) is 0 Å². The monoisotopic (exact) mass is 247 g/mol. The second-order valence-corrected chi connectivity index (χ2v) is 3.80. The fraction of sp³-hybridized carbons (Fsp3) is 0.500. The van der Waals surface area contributed by atoms with Crippen LogP contribution in [-0.2, 0) is 17.3 Å². The number of hydrogen-bond acceptors (Lipinski definition) is 2. The highest BCUT2D eigenvalue weighted by molar-refractivity contribution is 5.30. The molecule has 1 rings (SSSR count). The Labute approximate surface area is 98.8 Å². The second-order valence-electron chi connectivity index (χ2n) is 3.80. The summed E-state index contributed by atoms with van der Waals surface area (Å²) in [5.41, 5.74) is -0.284. The van der Waals surface area contributed by atoms with Crippen molar-refractivity contribution in [2.45, 2.75) is 18.6 Å². The minimum Gasteiger partial charge on any atom is -0.383 e. The first kappa shape index (κ1) is 14.0. The Morgan fingerprint density at radius 1 is 1.29 bits per heavy atom. The summed E-state index contributed by atoms with van der Waals surface area (Å²) in [4.78, 5) is 0. The van der Waals surface area contributed by atoms with Crippen molar-refractivity contribution in [2.75, 3.05) is 20.8 Å². The van der Waals surface area contributed by atoms with Crippen LogP contribution < -0.4 is 5.32 Å². The normalized spacial score (nSPS) is 13.7. The number of methoxy groups -OCH3 is 1. The predicted molar refractivity (Wildman–Crippen MR) is 59.9 cm³/mol. The van der Waals surface area contributed by atoms with E-state index in [2.05, 4.69) is 5.32 Å². The highest BCUT2D eigenvalue weighted by Gasteiger charge is 2.33. The van der Waals surface area contributed by atoms with Gasteiger partial charge in [0, 0.05) is 13.2 Å². The molecule has 0 saturated carbocycles. The molecule has 0 aliphatic carbocycles. The number of alkyl halides is 3. The van der Waals surface area contributed by atoms with E-state index in [1.807, 2.05) is 0 Å². The van der Waals surface area contributed by atoms with Gasteiger partial charge in [-0.05, 0) is 25.1 Å². The van der Waals surface area contributed by atoms with Gasteiger partial charge in [-0.3, -0.25) is 0 Å². The predicted octanol–water partition coefficient (Wildman–Crippen LogP) is 2.48. The zero-order chi connectivity index (χ0) is 12.9. The summed E-state index contributed by atoms with van der Waals surface area (Å²) < 4.78 is 43.2. The summed E-state index contributed by atoms with van der Waals surface area (Å²) in [5.74, 6) is 0. The highest BCUT2D eigenvalue weighted by Crippen LogP contribution is 2.32. The van der Waals surface area contributed by atoms with Gasteiger partial charge in [0.1, 0.15) is 0 Å². The Kier molecular flexibility index (Phi) is 4.96. The zero-order valence-corrected chi connectivity index (χ0v) is 9.84. The molecular formula is C12H16F3NO. The summed E-state index contributed by atoms with van der Waals surface area (Å²) in [5, 5.41) is 2.94. The molecule has 0 heterocycles. The van der Waals surface area contributed by atoms with E-state index in [1.165, 1.54) is 19.2 Å². The second kappa shape index (κ2) is 6.02. The molecule has 0 aliphatic rings. The molecule has 1 N–H and O–H groups in total. The molecule has 0 bridgehead atoms. The number of hydrogen-bond donors (Lipinski definition) is 1. The molecular weight excluding hydrogens is 231 g/mol. The Bertz CT molecular complexity index is 352. The first-order chi connectivity index (χ1) is 7.99. The lowest BCUT2D eigenvalue weighted by molar-refractivity contribution is -0.138. The minimum atomic E-state index is -4.30. The largest absolute Gasteiger partial charge is 0.416 e. The molecule has 0 amide bonds. The first-order valence-corrected chi connectivity index (χ1v) is 5.30. The number of ether oxygens (including phenoxy) is 1. The van der Waals surface area contributed by atoms with Crippen molar-refractivity contribution in [3.63, 3.8) is 0 Å². The van der Waals surface area contributed by atoms with Crippen LogP contribution in [0.2, 0.25) is 0 Å². The van der Waals surface area contributed by atoms with Gasteiger partial charge in [0.2, 0.25) is 0 Å². The molecule has 17 heavy (non-hydrogen) atoms. The molecule has 1 unspecified atom stereocenters. The number of benzene rings is 1. The maximum Gasteiger partial charge on any atom is 0.416 e. The third-order valence-corrected chi connectivity index (χ3v) is 2.57. The van der Waals surface area contributed by atoms with Crippen molar-refractivity contribution < 1.29 is 17.9 Å². The van der Waals surface area contributed by atoms with Crippen LogP contribution in [0.5, 0.6) is 0 Å². The molecule has 0 aromatic heterocycles. The fourth-order valence-electron chi connectivity index (χ4n) is 1.69. The third kappa shape index (κ3) is 4.02. The lowest BCUT2D eigenvalue weighted by Gasteiger charge is -2.18. The van der Waals surface area contributed by atoms with Gasteiger partial charge < -0.3 is 10.1 Å². The van der Waals surface area contributed by atoms with E-state index in [-0.39, 0.29) is 11.6 Å². The van der Waals surface area contributed by atoms with Crippen LogP contribution in [0.3, 0.4) is 0 Å². The maximum absolute atomic E-state index is 12.7. The standard InChI is InChI=1S/C12H16F3NO/c1-16-10(8-17-2)7-9-5-3-4-6-11(9)12(13,14)15/h3-6,10,16H,7-8H2,1-2H3. The van der Waals surface area contributed by atoms with Gasteiger partial charge in [-0.25, -0.2) is 0 Å². The Balaban J connectivity index is 2.90. The van der Waals surface area contributed by atoms with E-state index in [0.29, 0.717) is 13.0 Å². The molecule has 0 saturated heterocycles. The SMILES string of the molecule is CNC(COC)Cc1ccccc1C(F)(F)F. The summed E-state index contributed by atoms with van der Waals surface area (Å²) in [6.45, 7) is 0.378. The van der Waals surface area contributed by atoms with E-state index in [4.69, 9.17) is 4.74 Å². The number of rotatable bonds is 5. The smallest absolute Gasteiger partial charge is 0.383 e. The minimum absolute atomic E-state index is 0.122. The van der Waals surface area contributed by atoms with E-state index in [9.17, 15) is 13.2 Å². The first-order valence-electron chi connectivity index (χ1n) is 5.30. The summed E-state index contributed by atoms with van der Waals surface area (Å²) in [7, 11) is 3.24. The van der Waals surface area contributed by atoms with Crippen molar-refractivity contribution in [1.29, 1.82) is 0 Å². The van der Waals surface area contributed by atoms with E-state index in [1.54, 1.807) is 13.1 Å². The lowest BCUT2D eigenvalue weighted by Crippen LogP contribution is -2.32. The molecule has 0 spiro atoms. The summed E-state index contributed by atoms with van der Waals surface area (Å²) in [6, 6.07) is 5.50. The van der Waals surface area contributed by atoms with Crippen LogP contribution in [0.1, 0.15) is 11.1 Å². The fourth-order valence-corrected chi connectivity index (χ4v) is 1.69. The quantitative estimate of drug-likeness (QED) is 0.863. The number of halogens is 3. The van der Waals surface area contributed by atoms with Crippen LogP contribution >= 0.6 is 0 Å². The maximum atomic E-state index is 12.7. The molecule has 5 heteroatoms. The molecule has 2 nitrogen and oxygen atoms in total. The average molecular weight is 247 g/mol. The van der Waals surface area contributed by atoms with Gasteiger partial charge in [0.05, 0.1) is 12.2 Å². The van der Waals surface area contributed by atoms with Crippen molar-refractivity contribution in [3.05, 3.63) is 35.4 Å². The number of likely N-dealkylation sites (N-methyl/N-ethyl adjacent to an activating group) is 1. The van der Waals surface area contributed by atoms with Gasteiger partial charge in [0.15, 0.2) is 0 Å². The van der Waals surface area contributed by atoms with Crippen LogP contribution in [0.4, 0.5) is 13.2 Å². The van der Waals surface area contributed by atoms with Gasteiger partial charge in [-0.15, -0.1) is 0 Å². The van der Waals surface area contributed by atoms with Gasteiger partial charge in [-0.2, -0.15) is 13.2 Å². The molecule has 1 atom stereocenters. The molecule has 96 valence electrons. The van der Waals surface area contributed by atoms with Gasteiger partial charge in [0.25, 0.3) is 0 Å². The Morgan fingerprint density at radius 2 is 1.94 bits per heavy atom. The number of nitrogens with one attached hydrogen (secondary N) is 1. The zero-order valence-electron chi connectivity index (χ0n) is 9.84. The summed E-state index contributed by atoms with van der Waals surface area (Å²) in [6.07, 6.45) is -4.01. The van der Waals surface area contributed by atoms with Gasteiger partial charge >= 0.3 is 6.18 Å². The highest BCUT2D eigenvalue weighted by atomic mass is 19.4. The topological polar surface area (TPSA) is 21.3 Å². The molecule has 0 aliphatic heterocycles. The van der Waals surface area contributed by atoms with Crippen molar-refractivity contribution in [3.8, 4) is 0 Å². The molecule has 0 fully saturated rings. The third-order valence-electron chi connectivity index (χ3n) is 2.57. The molecule has 1 aromatic carbocycles. The summed E-state index contributed by atoms with van der Waals surface area (Å²) >= 11 is 0. The van der Waals surface area contributed by atoms with E-state index >= 15 is 0 Å². The van der Waals surface area contributed by atoms with Crippen LogP contribution in [0.15, 0.2) is 24.3 Å². The van der Waals surface area contributed by atoms with Gasteiger partial charge in [-0.1, -0.05) is 18.2 Å². The lowest BCUT2D eigenvalue weighted by atomic mass is 10.0. The van der Waals surface area contributed by atoms with E-state index < -0.39 is 11.7 Å². The average Bonchev–Trinajstić information content (AvgIpc) is 2.27. The molecule has 1 aromatic rings. The Morgan fingerprint density at radius 3 is 2.47 bits per heavy atom. The van der Waals surface area contributed by atoms with Crippen molar-refractivity contribution in [2.24, 2.45) is 0 Å².